The first-order chi connectivity index (χ1) is 9.21. The van der Waals surface area contributed by atoms with E-state index in [1.54, 1.807) is 0 Å². The maximum Gasteiger partial charge on any atom is 0.418 e. The predicted octanol–water partition coefficient (Wildman–Crippen LogP) is 4.11. The molecule has 0 spiro atoms. The highest BCUT2D eigenvalue weighted by atomic mass is 35.5. The van der Waals surface area contributed by atoms with E-state index in [4.69, 9.17) is 23.2 Å². The molecule has 0 saturated carbocycles. The van der Waals surface area contributed by atoms with E-state index in [-0.39, 0.29) is 10.3 Å². The van der Waals surface area contributed by atoms with Crippen LogP contribution in [0, 0.1) is 10.1 Å². The van der Waals surface area contributed by atoms with Gasteiger partial charge in [-0.05, 0) is 6.07 Å². The fraction of sp³-hybridized carbons (Fsp3) is 0.100. The van der Waals surface area contributed by atoms with Gasteiger partial charge in [0.05, 0.1) is 16.2 Å². The Morgan fingerprint density at radius 2 is 1.95 bits per heavy atom. The number of hydrogen-bond acceptors (Lipinski definition) is 3. The number of nitrogens with zero attached hydrogens (tertiary/aromatic N) is 3. The Morgan fingerprint density at radius 1 is 1.30 bits per heavy atom. The molecule has 0 N–H and O–H groups in total. The van der Waals surface area contributed by atoms with Gasteiger partial charge in [-0.1, -0.05) is 23.2 Å². The molecule has 1 heterocycles. The van der Waals surface area contributed by atoms with Crippen LogP contribution in [0.3, 0.4) is 0 Å². The molecule has 0 aliphatic rings. The summed E-state index contributed by atoms with van der Waals surface area (Å²) in [7, 11) is 0. The molecule has 0 unspecified atom stereocenters. The molecule has 2 aromatic rings. The van der Waals surface area contributed by atoms with E-state index in [9.17, 15) is 23.3 Å². The molecular weight excluding hydrogens is 322 g/mol. The Bertz CT molecular complexity index is 685. The fourth-order valence-corrected chi connectivity index (χ4v) is 1.87. The van der Waals surface area contributed by atoms with Crippen LogP contribution in [0.5, 0.6) is 0 Å². The van der Waals surface area contributed by atoms with Gasteiger partial charge in [-0.15, -0.1) is 0 Å². The molecule has 5 nitrogen and oxygen atoms in total. The molecule has 106 valence electrons. The van der Waals surface area contributed by atoms with Gasteiger partial charge in [0.25, 0.3) is 5.69 Å². The van der Waals surface area contributed by atoms with Crippen LogP contribution in [0.2, 0.25) is 10.3 Å². The summed E-state index contributed by atoms with van der Waals surface area (Å²) < 4.78 is 39.8. The van der Waals surface area contributed by atoms with E-state index in [2.05, 4.69) is 4.98 Å². The van der Waals surface area contributed by atoms with Crippen LogP contribution in [-0.2, 0) is 6.18 Å². The molecule has 20 heavy (non-hydrogen) atoms. The molecule has 0 aliphatic carbocycles. The highest BCUT2D eigenvalue weighted by Crippen LogP contribution is 2.37. The molecule has 0 saturated heterocycles. The molecule has 0 bridgehead atoms. The minimum absolute atomic E-state index is 0.168. The lowest BCUT2D eigenvalue weighted by Gasteiger charge is -2.13. The van der Waals surface area contributed by atoms with Crippen molar-refractivity contribution in [2.45, 2.75) is 6.18 Å². The summed E-state index contributed by atoms with van der Waals surface area (Å²) in [6.07, 6.45) is -3.79. The molecule has 1 aromatic carbocycles. The van der Waals surface area contributed by atoms with Crippen molar-refractivity contribution in [3.63, 3.8) is 0 Å². The minimum atomic E-state index is -4.79. The van der Waals surface area contributed by atoms with Gasteiger partial charge in [0, 0.05) is 12.1 Å². The van der Waals surface area contributed by atoms with E-state index in [0.717, 1.165) is 23.0 Å². The summed E-state index contributed by atoms with van der Waals surface area (Å²) in [5, 5.41) is 10.2. The summed E-state index contributed by atoms with van der Waals surface area (Å²) in [5.41, 5.74) is -2.28. The third kappa shape index (κ3) is 2.56. The maximum atomic E-state index is 13.0. The van der Waals surface area contributed by atoms with Crippen LogP contribution in [0.15, 0.2) is 24.5 Å². The second-order valence-corrected chi connectivity index (χ2v) is 4.37. The molecule has 0 amide bonds. The summed E-state index contributed by atoms with van der Waals surface area (Å²) in [6.45, 7) is 0. The van der Waals surface area contributed by atoms with Gasteiger partial charge < -0.3 is 0 Å². The second-order valence-electron chi connectivity index (χ2n) is 3.65. The largest absolute Gasteiger partial charge is 0.418 e. The average Bonchev–Trinajstić information content (AvgIpc) is 2.68. The number of benzene rings is 1. The molecule has 0 atom stereocenters. The van der Waals surface area contributed by atoms with E-state index in [0.29, 0.717) is 6.07 Å². The van der Waals surface area contributed by atoms with Crippen molar-refractivity contribution in [2.75, 3.05) is 0 Å². The number of rotatable bonds is 2. The number of hydrogen-bond donors (Lipinski definition) is 0. The zero-order chi connectivity index (χ0) is 15.1. The van der Waals surface area contributed by atoms with Crippen molar-refractivity contribution < 1.29 is 18.1 Å². The highest BCUT2D eigenvalue weighted by molar-refractivity contribution is 6.40. The number of non-ortho nitro benzene ring substituents is 1. The van der Waals surface area contributed by atoms with Gasteiger partial charge in [0.1, 0.15) is 6.33 Å². The van der Waals surface area contributed by atoms with E-state index in [1.807, 2.05) is 0 Å². The number of alkyl halides is 3. The smallest absolute Gasteiger partial charge is 0.288 e. The van der Waals surface area contributed by atoms with Crippen LogP contribution in [-0.4, -0.2) is 14.5 Å². The quantitative estimate of drug-likeness (QED) is 0.616. The number of halogens is 5. The highest BCUT2D eigenvalue weighted by Gasteiger charge is 2.36. The standard InChI is InChI=1S/C10H4Cl2F3N3O2/c11-8-9(12)17(4-16-8)7-2-1-5(18(19)20)3-6(7)10(13,14)15/h1-4H. The average molecular weight is 326 g/mol. The predicted molar refractivity (Wildman–Crippen MR) is 65.2 cm³/mol. The van der Waals surface area contributed by atoms with Crippen molar-refractivity contribution in [1.82, 2.24) is 9.55 Å². The van der Waals surface area contributed by atoms with Crippen LogP contribution >= 0.6 is 23.2 Å². The Kier molecular flexibility index (Phi) is 3.61. The first kappa shape index (κ1) is 14.6. The Labute approximate surface area is 119 Å². The van der Waals surface area contributed by atoms with Gasteiger partial charge in [-0.25, -0.2) is 4.98 Å². The van der Waals surface area contributed by atoms with Crippen LogP contribution in [0.1, 0.15) is 5.56 Å². The molecule has 0 radical (unpaired) electrons. The lowest BCUT2D eigenvalue weighted by Crippen LogP contribution is -2.11. The SMILES string of the molecule is O=[N+]([O-])c1ccc(-n2cnc(Cl)c2Cl)c(C(F)(F)F)c1. The molecule has 0 aliphatic heterocycles. The molecule has 1 aromatic heterocycles. The lowest BCUT2D eigenvalue weighted by molar-refractivity contribution is -0.385. The topological polar surface area (TPSA) is 61.0 Å². The normalized spacial score (nSPS) is 11.7. The number of imidazole rings is 1. The van der Waals surface area contributed by atoms with Crippen molar-refractivity contribution in [3.05, 3.63) is 50.5 Å². The van der Waals surface area contributed by atoms with Gasteiger partial charge in [0.15, 0.2) is 10.3 Å². The summed E-state index contributed by atoms with van der Waals surface area (Å²) in [5.74, 6) is 0. The first-order valence-corrected chi connectivity index (χ1v) is 5.71. The zero-order valence-electron chi connectivity index (χ0n) is 9.36. The molecule has 10 heteroatoms. The first-order valence-electron chi connectivity index (χ1n) is 4.96. The van der Waals surface area contributed by atoms with E-state index < -0.39 is 28.0 Å². The number of nitro benzene ring substituents is 1. The van der Waals surface area contributed by atoms with Crippen LogP contribution < -0.4 is 0 Å². The molecular formula is C10H4Cl2F3N3O2. The maximum absolute atomic E-state index is 13.0. The van der Waals surface area contributed by atoms with Crippen molar-refractivity contribution >= 4 is 28.9 Å². The summed E-state index contributed by atoms with van der Waals surface area (Å²) in [6, 6.07) is 2.30. The van der Waals surface area contributed by atoms with Gasteiger partial charge in [-0.2, -0.15) is 13.2 Å². The summed E-state index contributed by atoms with van der Waals surface area (Å²) in [4.78, 5) is 13.2. The Balaban J connectivity index is 2.70. The van der Waals surface area contributed by atoms with Crippen LogP contribution in [0.25, 0.3) is 5.69 Å². The van der Waals surface area contributed by atoms with Gasteiger partial charge >= 0.3 is 6.18 Å². The van der Waals surface area contributed by atoms with Gasteiger partial charge in [-0.3, -0.25) is 14.7 Å². The summed E-state index contributed by atoms with van der Waals surface area (Å²) >= 11 is 11.3. The van der Waals surface area contributed by atoms with Crippen molar-refractivity contribution in [1.29, 1.82) is 0 Å². The molecule has 0 fully saturated rings. The fourth-order valence-electron chi connectivity index (χ4n) is 1.55. The third-order valence-electron chi connectivity index (χ3n) is 2.42. The lowest BCUT2D eigenvalue weighted by atomic mass is 10.1. The monoisotopic (exact) mass is 325 g/mol. The number of aromatic nitrogens is 2. The zero-order valence-corrected chi connectivity index (χ0v) is 10.9. The Hall–Kier alpha value is -1.80. The van der Waals surface area contributed by atoms with E-state index in [1.165, 1.54) is 0 Å². The third-order valence-corrected chi connectivity index (χ3v) is 3.16. The van der Waals surface area contributed by atoms with Gasteiger partial charge in [0.2, 0.25) is 0 Å². The molecule has 2 rings (SSSR count). The Morgan fingerprint density at radius 3 is 2.40 bits per heavy atom. The van der Waals surface area contributed by atoms with E-state index >= 15 is 0 Å². The van der Waals surface area contributed by atoms with Crippen molar-refractivity contribution in [3.8, 4) is 5.69 Å². The second kappa shape index (κ2) is 4.95. The number of nitro groups is 1. The minimum Gasteiger partial charge on any atom is -0.288 e. The van der Waals surface area contributed by atoms with Crippen molar-refractivity contribution in [2.24, 2.45) is 0 Å². The van der Waals surface area contributed by atoms with Crippen LogP contribution in [0.4, 0.5) is 18.9 Å².